The van der Waals surface area contributed by atoms with Crippen molar-refractivity contribution in [1.82, 2.24) is 0 Å². The van der Waals surface area contributed by atoms with Crippen LogP contribution in [-0.2, 0) is 0 Å². The Morgan fingerprint density at radius 1 is 0.688 bits per heavy atom. The summed E-state index contributed by atoms with van der Waals surface area (Å²) < 4.78 is 0. The van der Waals surface area contributed by atoms with Gasteiger partial charge in [0.1, 0.15) is 0 Å². The fourth-order valence-corrected chi connectivity index (χ4v) is 3.47. The summed E-state index contributed by atoms with van der Waals surface area (Å²) in [6.07, 6.45) is 11.1. The van der Waals surface area contributed by atoms with Crippen LogP contribution in [0.15, 0.2) is 12.2 Å². The van der Waals surface area contributed by atoms with E-state index in [2.05, 4.69) is 12.2 Å². The second kappa shape index (κ2) is 8.84. The largest absolute Gasteiger partial charge is 0.0848 e. The Kier molecular flexibility index (Phi) is 8.70. The highest BCUT2D eigenvalue weighted by Gasteiger charge is 2.46. The van der Waals surface area contributed by atoms with Crippen molar-refractivity contribution in [2.75, 3.05) is 0 Å². The molecule has 0 heterocycles. The van der Waals surface area contributed by atoms with E-state index in [0.29, 0.717) is 0 Å². The van der Waals surface area contributed by atoms with Crippen molar-refractivity contribution in [3.05, 3.63) is 12.2 Å². The zero-order valence-corrected chi connectivity index (χ0v) is 12.3. The summed E-state index contributed by atoms with van der Waals surface area (Å²) in [6.45, 7) is 12.0. The quantitative estimate of drug-likeness (QED) is 0.464. The van der Waals surface area contributed by atoms with Crippen LogP contribution in [0.4, 0.5) is 0 Å². The summed E-state index contributed by atoms with van der Waals surface area (Å²) in [4.78, 5) is 0. The van der Waals surface area contributed by atoms with Crippen LogP contribution in [-0.4, -0.2) is 0 Å². The molecule has 0 aromatic carbocycles. The molecule has 0 nitrogen and oxygen atoms in total. The van der Waals surface area contributed by atoms with Crippen molar-refractivity contribution in [1.29, 1.82) is 0 Å². The average molecular weight is 224 g/mol. The fourth-order valence-electron chi connectivity index (χ4n) is 3.47. The van der Waals surface area contributed by atoms with Gasteiger partial charge in [-0.25, -0.2) is 0 Å². The molecule has 0 radical (unpaired) electrons. The molecule has 0 saturated heterocycles. The standard InChI is InChI=1S/C10H14.3C2H6/c1-2-9-7-4-5-8(6-7)10(9)3-1;3*1-2/h4-5,7-10H,1-3,6H2;3*1-2H3. The Morgan fingerprint density at radius 2 is 1.06 bits per heavy atom. The van der Waals surface area contributed by atoms with Crippen molar-refractivity contribution < 1.29 is 0 Å². The lowest BCUT2D eigenvalue weighted by molar-refractivity contribution is 0.364. The van der Waals surface area contributed by atoms with Crippen molar-refractivity contribution in [3.8, 4) is 0 Å². The lowest BCUT2D eigenvalue weighted by Gasteiger charge is -2.19. The predicted octanol–water partition coefficient (Wildman–Crippen LogP) is 5.69. The molecule has 3 aliphatic carbocycles. The molecule has 2 fully saturated rings. The van der Waals surface area contributed by atoms with Crippen LogP contribution < -0.4 is 0 Å². The van der Waals surface area contributed by atoms with E-state index in [0.717, 1.165) is 23.7 Å². The molecule has 0 aliphatic heterocycles. The molecule has 96 valence electrons. The molecule has 3 rings (SSSR count). The highest BCUT2D eigenvalue weighted by atomic mass is 14.5. The van der Waals surface area contributed by atoms with Gasteiger partial charge in [0.2, 0.25) is 0 Å². The van der Waals surface area contributed by atoms with Gasteiger partial charge in [-0.15, -0.1) is 0 Å². The second-order valence-electron chi connectivity index (χ2n) is 4.21. The lowest BCUT2D eigenvalue weighted by atomic mass is 9.86. The third kappa shape index (κ3) is 3.12. The number of hydrogen-bond donors (Lipinski definition) is 0. The summed E-state index contributed by atoms with van der Waals surface area (Å²) in [7, 11) is 0. The van der Waals surface area contributed by atoms with Gasteiger partial charge < -0.3 is 0 Å². The van der Waals surface area contributed by atoms with Crippen LogP contribution in [0.3, 0.4) is 0 Å². The van der Waals surface area contributed by atoms with Crippen LogP contribution in [0, 0.1) is 23.7 Å². The van der Waals surface area contributed by atoms with E-state index in [9.17, 15) is 0 Å². The van der Waals surface area contributed by atoms with Gasteiger partial charge in [0, 0.05) is 0 Å². The summed E-state index contributed by atoms with van der Waals surface area (Å²) >= 11 is 0. The summed E-state index contributed by atoms with van der Waals surface area (Å²) in [5.74, 6) is 4.26. The zero-order chi connectivity index (χ0) is 12.6. The molecule has 0 spiro atoms. The SMILES string of the molecule is C1=CC2CC1C1CCCC21.CC.CC.CC. The highest BCUT2D eigenvalue weighted by Crippen LogP contribution is 2.55. The second-order valence-corrected chi connectivity index (χ2v) is 4.21. The Hall–Kier alpha value is -0.260. The third-order valence-corrected chi connectivity index (χ3v) is 3.87. The normalized spacial score (nSPS) is 36.1. The van der Waals surface area contributed by atoms with Crippen LogP contribution in [0.2, 0.25) is 0 Å². The van der Waals surface area contributed by atoms with Gasteiger partial charge in [-0.1, -0.05) is 60.1 Å². The first kappa shape index (κ1) is 15.7. The predicted molar refractivity (Wildman–Crippen MR) is 75.6 cm³/mol. The molecule has 0 heteroatoms. The van der Waals surface area contributed by atoms with E-state index in [1.165, 1.54) is 25.7 Å². The lowest BCUT2D eigenvalue weighted by Crippen LogP contribution is -2.12. The minimum atomic E-state index is 1.01. The van der Waals surface area contributed by atoms with E-state index in [4.69, 9.17) is 0 Å². The van der Waals surface area contributed by atoms with Gasteiger partial charge in [0.25, 0.3) is 0 Å². The molecule has 0 aromatic heterocycles. The van der Waals surface area contributed by atoms with Crippen molar-refractivity contribution in [3.63, 3.8) is 0 Å². The van der Waals surface area contributed by atoms with Crippen molar-refractivity contribution in [2.45, 2.75) is 67.2 Å². The van der Waals surface area contributed by atoms with Crippen LogP contribution in [0.25, 0.3) is 0 Å². The zero-order valence-electron chi connectivity index (χ0n) is 12.3. The molecule has 0 aromatic rings. The minimum Gasteiger partial charge on any atom is -0.0848 e. The Bertz CT molecular complexity index is 162. The maximum Gasteiger partial charge on any atom is -0.0196 e. The van der Waals surface area contributed by atoms with E-state index in [1.807, 2.05) is 41.5 Å². The van der Waals surface area contributed by atoms with Gasteiger partial charge in [-0.2, -0.15) is 0 Å². The molecular formula is C16H32. The van der Waals surface area contributed by atoms with E-state index in [1.54, 1.807) is 0 Å². The molecule has 4 unspecified atom stereocenters. The van der Waals surface area contributed by atoms with E-state index in [-0.39, 0.29) is 0 Å². The van der Waals surface area contributed by atoms with Gasteiger partial charge in [0.05, 0.1) is 0 Å². The maximum absolute atomic E-state index is 2.48. The Labute approximate surface area is 104 Å². The highest BCUT2D eigenvalue weighted by molar-refractivity contribution is 5.14. The monoisotopic (exact) mass is 224 g/mol. The van der Waals surface area contributed by atoms with Gasteiger partial charge in [-0.05, 0) is 42.9 Å². The number of hydrogen-bond acceptors (Lipinski definition) is 0. The van der Waals surface area contributed by atoms with Crippen LogP contribution in [0.1, 0.15) is 67.2 Å². The third-order valence-electron chi connectivity index (χ3n) is 3.87. The van der Waals surface area contributed by atoms with Crippen molar-refractivity contribution in [2.24, 2.45) is 23.7 Å². The number of rotatable bonds is 0. The molecular weight excluding hydrogens is 192 g/mol. The molecule has 2 bridgehead atoms. The molecule has 0 amide bonds. The molecule has 2 saturated carbocycles. The first-order chi connectivity index (χ1) is 7.95. The minimum absolute atomic E-state index is 1.01. The van der Waals surface area contributed by atoms with Gasteiger partial charge in [0.15, 0.2) is 0 Å². The Morgan fingerprint density at radius 3 is 1.44 bits per heavy atom. The molecule has 3 aliphatic rings. The summed E-state index contributed by atoms with van der Waals surface area (Å²) in [5.41, 5.74) is 0. The van der Waals surface area contributed by atoms with E-state index >= 15 is 0 Å². The first-order valence-electron chi connectivity index (χ1n) is 7.63. The van der Waals surface area contributed by atoms with Crippen LogP contribution >= 0.6 is 0 Å². The average Bonchev–Trinajstić information content (AvgIpc) is 3.10. The maximum atomic E-state index is 2.48. The van der Waals surface area contributed by atoms with Crippen molar-refractivity contribution >= 4 is 0 Å². The van der Waals surface area contributed by atoms with E-state index < -0.39 is 0 Å². The topological polar surface area (TPSA) is 0 Å². The Balaban J connectivity index is 0.000000332. The van der Waals surface area contributed by atoms with Crippen LogP contribution in [0.5, 0.6) is 0 Å². The smallest absolute Gasteiger partial charge is 0.0196 e. The fraction of sp³-hybridized carbons (Fsp3) is 0.875. The number of allylic oxidation sites excluding steroid dienone is 2. The molecule has 16 heavy (non-hydrogen) atoms. The molecule has 4 atom stereocenters. The molecule has 0 N–H and O–H groups in total. The van der Waals surface area contributed by atoms with Gasteiger partial charge in [-0.3, -0.25) is 0 Å². The summed E-state index contributed by atoms with van der Waals surface area (Å²) in [5, 5.41) is 0. The number of fused-ring (bicyclic) bond motifs is 5. The summed E-state index contributed by atoms with van der Waals surface area (Å²) in [6, 6.07) is 0. The van der Waals surface area contributed by atoms with Gasteiger partial charge >= 0.3 is 0 Å². The first-order valence-corrected chi connectivity index (χ1v) is 7.63.